The molecule has 0 aliphatic heterocycles. The molecule has 0 aliphatic carbocycles. The van der Waals surface area contributed by atoms with E-state index in [2.05, 4.69) is 10.3 Å². The van der Waals surface area contributed by atoms with Gasteiger partial charge in [0.25, 0.3) is 5.91 Å². The van der Waals surface area contributed by atoms with Crippen molar-refractivity contribution >= 4 is 22.8 Å². The molecule has 2 rings (SSSR count). The fourth-order valence-corrected chi connectivity index (χ4v) is 2.20. The second kappa shape index (κ2) is 5.60. The van der Waals surface area contributed by atoms with Gasteiger partial charge < -0.3 is 15.4 Å². The first-order valence-electron chi connectivity index (χ1n) is 6.94. The van der Waals surface area contributed by atoms with Crippen LogP contribution in [0.15, 0.2) is 18.2 Å². The van der Waals surface area contributed by atoms with Gasteiger partial charge in [0.05, 0.1) is 5.92 Å². The first-order valence-corrected chi connectivity index (χ1v) is 6.94. The highest BCUT2D eigenvalue weighted by Gasteiger charge is 2.22. The number of carbonyl (C=O) groups is 2. The van der Waals surface area contributed by atoms with Crippen LogP contribution < -0.4 is 5.32 Å². The third-order valence-corrected chi connectivity index (χ3v) is 4.09. The lowest BCUT2D eigenvalue weighted by molar-refractivity contribution is -0.141. The fraction of sp³-hybridized carbons (Fsp3) is 0.375. The van der Waals surface area contributed by atoms with Crippen LogP contribution in [-0.2, 0) is 4.79 Å². The number of aromatic nitrogens is 1. The van der Waals surface area contributed by atoms with Gasteiger partial charge in [-0.15, -0.1) is 0 Å². The van der Waals surface area contributed by atoms with Gasteiger partial charge in [-0.25, -0.2) is 0 Å². The number of amides is 1. The molecule has 1 heterocycles. The van der Waals surface area contributed by atoms with Crippen LogP contribution in [0, 0.1) is 19.8 Å². The number of aliphatic carboxylic acids is 1. The number of aryl methyl sites for hydroxylation is 2. The number of nitrogens with one attached hydrogen (secondary N) is 2. The smallest absolute Gasteiger partial charge is 0.308 e. The van der Waals surface area contributed by atoms with E-state index in [4.69, 9.17) is 5.11 Å². The molecule has 0 radical (unpaired) electrons. The molecule has 1 aromatic heterocycles. The van der Waals surface area contributed by atoms with E-state index in [1.807, 2.05) is 32.0 Å². The zero-order valence-electron chi connectivity index (χ0n) is 12.7. The number of aromatic amines is 1. The molecule has 0 spiro atoms. The Morgan fingerprint density at radius 3 is 2.52 bits per heavy atom. The summed E-state index contributed by atoms with van der Waals surface area (Å²) >= 11 is 0. The molecule has 21 heavy (non-hydrogen) atoms. The van der Waals surface area contributed by atoms with Crippen molar-refractivity contribution in [3.63, 3.8) is 0 Å². The van der Waals surface area contributed by atoms with Crippen molar-refractivity contribution in [3.05, 3.63) is 35.0 Å². The van der Waals surface area contributed by atoms with Gasteiger partial charge in [0.2, 0.25) is 0 Å². The monoisotopic (exact) mass is 288 g/mol. The van der Waals surface area contributed by atoms with Gasteiger partial charge >= 0.3 is 5.97 Å². The Kier molecular flexibility index (Phi) is 4.02. The predicted molar refractivity (Wildman–Crippen MR) is 81.5 cm³/mol. The summed E-state index contributed by atoms with van der Waals surface area (Å²) in [4.78, 5) is 26.2. The van der Waals surface area contributed by atoms with Crippen LogP contribution in [0.2, 0.25) is 0 Å². The molecule has 2 unspecified atom stereocenters. The van der Waals surface area contributed by atoms with E-state index in [-0.39, 0.29) is 5.91 Å². The van der Waals surface area contributed by atoms with Crippen LogP contribution in [0.25, 0.3) is 10.9 Å². The standard InChI is InChI=1S/C16H20N2O3/c1-8-5-6-13-12(9(8)2)7-14(18-13)15(19)17-11(4)10(3)16(20)21/h5-7,10-11,18H,1-4H3,(H,17,19)(H,20,21). The summed E-state index contributed by atoms with van der Waals surface area (Å²) in [6.45, 7) is 7.31. The Hall–Kier alpha value is -2.30. The first kappa shape index (κ1) is 15.1. The van der Waals surface area contributed by atoms with Crippen molar-refractivity contribution in [2.45, 2.75) is 33.7 Å². The maximum absolute atomic E-state index is 12.2. The molecule has 0 aliphatic rings. The second-order valence-electron chi connectivity index (χ2n) is 5.54. The quantitative estimate of drug-likeness (QED) is 0.808. The van der Waals surface area contributed by atoms with Crippen LogP contribution in [-0.4, -0.2) is 28.0 Å². The highest BCUT2D eigenvalue weighted by atomic mass is 16.4. The number of carboxylic acids is 1. The van der Waals surface area contributed by atoms with Crippen molar-refractivity contribution in [2.24, 2.45) is 5.92 Å². The minimum atomic E-state index is -0.925. The normalized spacial score (nSPS) is 13.9. The van der Waals surface area contributed by atoms with Crippen LogP contribution in [0.4, 0.5) is 0 Å². The number of carboxylic acid groups (broad SMARTS) is 1. The molecule has 1 amide bonds. The molecule has 0 fully saturated rings. The third-order valence-electron chi connectivity index (χ3n) is 4.09. The number of rotatable bonds is 4. The summed E-state index contributed by atoms with van der Waals surface area (Å²) in [6, 6.07) is 5.32. The Balaban J connectivity index is 2.24. The average Bonchev–Trinajstić information content (AvgIpc) is 2.86. The van der Waals surface area contributed by atoms with E-state index in [0.29, 0.717) is 5.69 Å². The second-order valence-corrected chi connectivity index (χ2v) is 5.54. The van der Waals surface area contributed by atoms with Gasteiger partial charge in [0, 0.05) is 16.9 Å². The molecule has 0 saturated carbocycles. The van der Waals surface area contributed by atoms with Crippen molar-refractivity contribution < 1.29 is 14.7 Å². The molecule has 112 valence electrons. The van der Waals surface area contributed by atoms with E-state index >= 15 is 0 Å². The Labute approximate surface area is 123 Å². The van der Waals surface area contributed by atoms with E-state index in [1.54, 1.807) is 13.8 Å². The van der Waals surface area contributed by atoms with Crippen molar-refractivity contribution in [3.8, 4) is 0 Å². The number of benzene rings is 1. The summed E-state index contributed by atoms with van der Waals surface area (Å²) < 4.78 is 0. The number of carbonyl (C=O) groups excluding carboxylic acids is 1. The van der Waals surface area contributed by atoms with E-state index in [0.717, 1.165) is 16.5 Å². The minimum absolute atomic E-state index is 0.288. The van der Waals surface area contributed by atoms with E-state index in [9.17, 15) is 9.59 Å². The molecule has 5 nitrogen and oxygen atoms in total. The Morgan fingerprint density at radius 1 is 1.24 bits per heavy atom. The summed E-state index contributed by atoms with van der Waals surface area (Å²) in [5.74, 6) is -1.85. The highest BCUT2D eigenvalue weighted by molar-refractivity contribution is 5.99. The van der Waals surface area contributed by atoms with Crippen molar-refractivity contribution in [1.29, 1.82) is 0 Å². The number of H-pyrrole nitrogens is 1. The molecule has 5 heteroatoms. The number of hydrogen-bond donors (Lipinski definition) is 3. The molecule has 1 aromatic carbocycles. The molecule has 0 bridgehead atoms. The SMILES string of the molecule is Cc1ccc2[nH]c(C(=O)NC(C)C(C)C(=O)O)cc2c1C. The van der Waals surface area contributed by atoms with Gasteiger partial charge in [-0.05, 0) is 51.0 Å². The maximum Gasteiger partial charge on any atom is 0.308 e. The van der Waals surface area contributed by atoms with Crippen LogP contribution in [0.5, 0.6) is 0 Å². The van der Waals surface area contributed by atoms with Crippen molar-refractivity contribution in [1.82, 2.24) is 10.3 Å². The zero-order chi connectivity index (χ0) is 15.7. The molecular weight excluding hydrogens is 268 g/mol. The molecule has 2 atom stereocenters. The molecular formula is C16H20N2O3. The number of hydrogen-bond acceptors (Lipinski definition) is 2. The summed E-state index contributed by atoms with van der Waals surface area (Å²) in [5.41, 5.74) is 3.65. The van der Waals surface area contributed by atoms with Gasteiger partial charge in [0.15, 0.2) is 0 Å². The van der Waals surface area contributed by atoms with E-state index in [1.165, 1.54) is 5.56 Å². The molecule has 2 aromatic rings. The lowest BCUT2D eigenvalue weighted by Crippen LogP contribution is -2.40. The van der Waals surface area contributed by atoms with Crippen molar-refractivity contribution in [2.75, 3.05) is 0 Å². The van der Waals surface area contributed by atoms with Gasteiger partial charge in [0.1, 0.15) is 5.69 Å². The van der Waals surface area contributed by atoms with E-state index < -0.39 is 17.9 Å². The Morgan fingerprint density at radius 2 is 1.90 bits per heavy atom. The van der Waals surface area contributed by atoms with Crippen LogP contribution in [0.1, 0.15) is 35.5 Å². The third kappa shape index (κ3) is 2.91. The van der Waals surface area contributed by atoms with Crippen LogP contribution in [0.3, 0.4) is 0 Å². The topological polar surface area (TPSA) is 82.2 Å². The zero-order valence-corrected chi connectivity index (χ0v) is 12.7. The lowest BCUT2D eigenvalue weighted by atomic mass is 10.0. The largest absolute Gasteiger partial charge is 0.481 e. The molecule has 3 N–H and O–H groups in total. The summed E-state index contributed by atoms with van der Waals surface area (Å²) in [7, 11) is 0. The predicted octanol–water partition coefficient (Wildman–Crippen LogP) is 2.62. The first-order chi connectivity index (χ1) is 9.81. The Bertz CT molecular complexity index is 703. The van der Waals surface area contributed by atoms with Gasteiger partial charge in [-0.3, -0.25) is 9.59 Å². The van der Waals surface area contributed by atoms with Gasteiger partial charge in [-0.2, -0.15) is 0 Å². The molecule has 0 saturated heterocycles. The maximum atomic E-state index is 12.2. The summed E-state index contributed by atoms with van der Waals surface area (Å²) in [5, 5.41) is 12.7. The minimum Gasteiger partial charge on any atom is -0.481 e. The highest BCUT2D eigenvalue weighted by Crippen LogP contribution is 2.22. The summed E-state index contributed by atoms with van der Waals surface area (Å²) in [6.07, 6.45) is 0. The average molecular weight is 288 g/mol. The lowest BCUT2D eigenvalue weighted by Gasteiger charge is -2.17. The van der Waals surface area contributed by atoms with Gasteiger partial charge in [-0.1, -0.05) is 6.07 Å². The fourth-order valence-electron chi connectivity index (χ4n) is 2.20. The van der Waals surface area contributed by atoms with Crippen LogP contribution >= 0.6 is 0 Å². The number of fused-ring (bicyclic) bond motifs is 1.